The highest BCUT2D eigenvalue weighted by molar-refractivity contribution is 5.74. The monoisotopic (exact) mass is 386 g/mol. The van der Waals surface area contributed by atoms with E-state index in [0.29, 0.717) is 0 Å². The number of benzene rings is 2. The van der Waals surface area contributed by atoms with Crippen LogP contribution in [-0.4, -0.2) is 35.2 Å². The number of carbonyl (C=O) groups excluding carboxylic acids is 1. The van der Waals surface area contributed by atoms with E-state index in [1.165, 1.54) is 6.92 Å². The minimum absolute atomic E-state index is 0.121. The molecule has 6 nitrogen and oxygen atoms in total. The number of hydrogen-bond acceptors (Lipinski definition) is 6. The van der Waals surface area contributed by atoms with Crippen molar-refractivity contribution in [2.24, 2.45) is 5.92 Å². The number of aliphatic hydroxyl groups excluding tert-OH is 1. The molecule has 0 radical (unpaired) electrons. The Hall–Kier alpha value is -2.25. The number of aliphatic hydroxyl groups is 2. The standard InChI is InChI=1S/C22H26O6/c1-15-4-8-17(9-5-15)22(18-10-6-16(2)7-11-18)14-19(20(24)26-13-12-23)21(3,25)27-28-22/h4-11,19,23,25H,12-14H2,1-3H3. The first kappa shape index (κ1) is 20.5. The van der Waals surface area contributed by atoms with E-state index in [0.717, 1.165) is 22.3 Å². The average Bonchev–Trinajstić information content (AvgIpc) is 2.68. The summed E-state index contributed by atoms with van der Waals surface area (Å²) in [6, 6.07) is 15.5. The molecule has 0 bridgehead atoms. The molecule has 0 amide bonds. The molecule has 6 heteroatoms. The van der Waals surface area contributed by atoms with E-state index in [4.69, 9.17) is 19.6 Å². The molecule has 2 aromatic rings. The normalized spacial score (nSPS) is 24.0. The van der Waals surface area contributed by atoms with E-state index in [9.17, 15) is 9.90 Å². The fraction of sp³-hybridized carbons (Fsp3) is 0.409. The van der Waals surface area contributed by atoms with Gasteiger partial charge < -0.3 is 14.9 Å². The molecule has 3 rings (SSSR count). The Morgan fingerprint density at radius 2 is 1.54 bits per heavy atom. The van der Waals surface area contributed by atoms with Crippen molar-refractivity contribution in [1.29, 1.82) is 0 Å². The highest BCUT2D eigenvalue weighted by Crippen LogP contribution is 2.47. The summed E-state index contributed by atoms with van der Waals surface area (Å²) < 4.78 is 5.09. The fourth-order valence-electron chi connectivity index (χ4n) is 3.42. The maximum Gasteiger partial charge on any atom is 0.314 e. The minimum atomic E-state index is -1.86. The van der Waals surface area contributed by atoms with E-state index in [2.05, 4.69) is 0 Å². The molecule has 0 saturated carbocycles. The Kier molecular flexibility index (Phi) is 5.86. The van der Waals surface area contributed by atoms with Crippen LogP contribution in [0.25, 0.3) is 0 Å². The van der Waals surface area contributed by atoms with Gasteiger partial charge in [0.05, 0.1) is 6.61 Å². The van der Waals surface area contributed by atoms with Crippen molar-refractivity contribution in [3.05, 3.63) is 70.8 Å². The van der Waals surface area contributed by atoms with Crippen molar-refractivity contribution in [3.8, 4) is 0 Å². The van der Waals surface area contributed by atoms with E-state index in [1.807, 2.05) is 62.4 Å². The molecule has 28 heavy (non-hydrogen) atoms. The van der Waals surface area contributed by atoms with E-state index < -0.39 is 23.3 Å². The average molecular weight is 386 g/mol. The second-order valence-corrected chi connectivity index (χ2v) is 7.43. The van der Waals surface area contributed by atoms with Gasteiger partial charge in [0.25, 0.3) is 0 Å². The van der Waals surface area contributed by atoms with Crippen LogP contribution in [0.4, 0.5) is 0 Å². The number of ether oxygens (including phenoxy) is 1. The zero-order valence-corrected chi connectivity index (χ0v) is 16.3. The molecular weight excluding hydrogens is 360 g/mol. The third-order valence-electron chi connectivity index (χ3n) is 5.15. The van der Waals surface area contributed by atoms with Crippen LogP contribution >= 0.6 is 0 Å². The first-order valence-electron chi connectivity index (χ1n) is 9.29. The summed E-state index contributed by atoms with van der Waals surface area (Å²) in [6.45, 7) is 4.90. The highest BCUT2D eigenvalue weighted by atomic mass is 17.2. The number of esters is 1. The molecular formula is C22H26O6. The van der Waals surface area contributed by atoms with Crippen molar-refractivity contribution in [2.75, 3.05) is 13.2 Å². The lowest BCUT2D eigenvalue weighted by Crippen LogP contribution is -2.53. The Labute approximate surface area is 164 Å². The van der Waals surface area contributed by atoms with Crippen LogP contribution < -0.4 is 0 Å². The maximum atomic E-state index is 12.6. The molecule has 1 heterocycles. The van der Waals surface area contributed by atoms with Gasteiger partial charge in [-0.25, -0.2) is 4.89 Å². The van der Waals surface area contributed by atoms with Crippen molar-refractivity contribution in [1.82, 2.24) is 0 Å². The van der Waals surface area contributed by atoms with Crippen molar-refractivity contribution in [3.63, 3.8) is 0 Å². The van der Waals surface area contributed by atoms with Crippen LogP contribution in [0.3, 0.4) is 0 Å². The quantitative estimate of drug-likeness (QED) is 0.607. The Balaban J connectivity index is 2.07. The highest BCUT2D eigenvalue weighted by Gasteiger charge is 2.54. The topological polar surface area (TPSA) is 85.2 Å². The van der Waals surface area contributed by atoms with Gasteiger partial charge in [-0.05, 0) is 31.9 Å². The predicted molar refractivity (Wildman–Crippen MR) is 102 cm³/mol. The van der Waals surface area contributed by atoms with E-state index >= 15 is 0 Å². The second-order valence-electron chi connectivity index (χ2n) is 7.43. The zero-order valence-electron chi connectivity index (χ0n) is 16.3. The van der Waals surface area contributed by atoms with Crippen LogP contribution in [0.1, 0.15) is 35.6 Å². The largest absolute Gasteiger partial charge is 0.463 e. The second kappa shape index (κ2) is 8.01. The SMILES string of the molecule is Cc1ccc(C2(c3ccc(C)cc3)CC(C(=O)OCCO)C(C)(O)OO2)cc1. The Morgan fingerprint density at radius 3 is 2.00 bits per heavy atom. The maximum absolute atomic E-state index is 12.6. The lowest BCUT2D eigenvalue weighted by molar-refractivity contribution is -0.489. The van der Waals surface area contributed by atoms with Gasteiger partial charge in [-0.3, -0.25) is 4.79 Å². The number of aryl methyl sites for hydroxylation is 2. The zero-order chi connectivity index (χ0) is 20.4. The predicted octanol–water partition coefficient (Wildman–Crippen LogP) is 2.76. The van der Waals surface area contributed by atoms with Crippen molar-refractivity contribution < 1.29 is 29.5 Å². The van der Waals surface area contributed by atoms with Crippen molar-refractivity contribution >= 4 is 5.97 Å². The van der Waals surface area contributed by atoms with Crippen LogP contribution in [-0.2, 0) is 24.9 Å². The Bertz CT molecular complexity index is 764. The number of carbonyl (C=O) groups is 1. The molecule has 0 aliphatic carbocycles. The summed E-state index contributed by atoms with van der Waals surface area (Å²) in [4.78, 5) is 23.8. The van der Waals surface area contributed by atoms with Gasteiger partial charge >= 0.3 is 5.97 Å². The van der Waals surface area contributed by atoms with Gasteiger partial charge in [0.2, 0.25) is 5.79 Å². The lowest BCUT2D eigenvalue weighted by Gasteiger charge is -2.45. The van der Waals surface area contributed by atoms with Crippen LogP contribution in [0.2, 0.25) is 0 Å². The van der Waals surface area contributed by atoms with Crippen LogP contribution in [0.15, 0.2) is 48.5 Å². The van der Waals surface area contributed by atoms with E-state index in [1.54, 1.807) is 0 Å². The molecule has 0 aromatic heterocycles. The fourth-order valence-corrected chi connectivity index (χ4v) is 3.42. The van der Waals surface area contributed by atoms with Gasteiger partial charge in [0, 0.05) is 6.42 Å². The lowest BCUT2D eigenvalue weighted by atomic mass is 9.76. The summed E-state index contributed by atoms with van der Waals surface area (Å²) in [7, 11) is 0. The smallest absolute Gasteiger partial charge is 0.314 e. The molecule has 1 aliphatic heterocycles. The van der Waals surface area contributed by atoms with Gasteiger partial charge in [-0.2, -0.15) is 4.89 Å². The third-order valence-corrected chi connectivity index (χ3v) is 5.15. The molecule has 2 atom stereocenters. The molecule has 2 N–H and O–H groups in total. The first-order valence-corrected chi connectivity index (χ1v) is 9.29. The molecule has 1 fully saturated rings. The summed E-state index contributed by atoms with van der Waals surface area (Å²) in [5.41, 5.74) is 2.69. The molecule has 150 valence electrons. The summed E-state index contributed by atoms with van der Waals surface area (Å²) in [6.07, 6.45) is 0.121. The number of rotatable bonds is 5. The van der Waals surface area contributed by atoms with Gasteiger partial charge in [0.1, 0.15) is 12.5 Å². The van der Waals surface area contributed by atoms with Crippen LogP contribution in [0, 0.1) is 19.8 Å². The summed E-state index contributed by atoms with van der Waals surface area (Å²) >= 11 is 0. The van der Waals surface area contributed by atoms with Gasteiger partial charge in [-0.1, -0.05) is 59.7 Å². The van der Waals surface area contributed by atoms with E-state index in [-0.39, 0.29) is 19.6 Å². The van der Waals surface area contributed by atoms with Crippen LogP contribution in [0.5, 0.6) is 0 Å². The minimum Gasteiger partial charge on any atom is -0.463 e. The first-order chi connectivity index (χ1) is 13.3. The summed E-state index contributed by atoms with van der Waals surface area (Å²) in [5, 5.41) is 19.6. The molecule has 2 aromatic carbocycles. The van der Waals surface area contributed by atoms with Crippen molar-refractivity contribution in [2.45, 2.75) is 38.6 Å². The number of hydrogen-bond donors (Lipinski definition) is 2. The Morgan fingerprint density at radius 1 is 1.04 bits per heavy atom. The summed E-state index contributed by atoms with van der Waals surface area (Å²) in [5.74, 6) is -3.51. The van der Waals surface area contributed by atoms with Gasteiger partial charge in [0.15, 0.2) is 5.60 Å². The molecule has 0 spiro atoms. The molecule has 1 aliphatic rings. The third kappa shape index (κ3) is 3.95. The molecule has 2 unspecified atom stereocenters. The molecule has 1 saturated heterocycles. The van der Waals surface area contributed by atoms with Gasteiger partial charge in [-0.15, -0.1) is 0 Å².